The van der Waals surface area contributed by atoms with Crippen LogP contribution in [0.25, 0.3) is 11.1 Å². The zero-order valence-corrected chi connectivity index (χ0v) is 14.5. The molecular weight excluding hydrogens is 324 g/mol. The number of aryl methyl sites for hydroxylation is 3. The Morgan fingerprint density at radius 3 is 2.29 bits per heavy atom. The molecule has 0 saturated heterocycles. The van der Waals surface area contributed by atoms with E-state index in [-0.39, 0.29) is 4.90 Å². The Balaban J connectivity index is 1.87. The fourth-order valence-corrected chi connectivity index (χ4v) is 3.76. The number of aromatic nitrogens is 1. The second-order valence-corrected chi connectivity index (χ2v) is 7.38. The smallest absolute Gasteiger partial charge is 0.261 e. The maximum atomic E-state index is 12.4. The van der Waals surface area contributed by atoms with Gasteiger partial charge < -0.3 is 4.52 Å². The van der Waals surface area contributed by atoms with Crippen molar-refractivity contribution in [3.8, 4) is 11.1 Å². The highest BCUT2D eigenvalue weighted by atomic mass is 32.2. The van der Waals surface area contributed by atoms with Crippen LogP contribution in [0.2, 0.25) is 0 Å². The van der Waals surface area contributed by atoms with Crippen molar-refractivity contribution >= 4 is 15.7 Å². The molecule has 0 aliphatic carbocycles. The van der Waals surface area contributed by atoms with Crippen molar-refractivity contribution in [3.63, 3.8) is 0 Å². The van der Waals surface area contributed by atoms with Crippen LogP contribution < -0.4 is 4.72 Å². The minimum absolute atomic E-state index is 0.247. The standard InChI is InChI=1S/C18H18N2O3S/c1-12-5-4-6-17(11-12)24(21,22)20-16-9-7-15(8-10-16)18-13(2)19-23-14(18)3/h4-11,20H,1-3H3. The number of benzene rings is 2. The van der Waals surface area contributed by atoms with E-state index in [0.29, 0.717) is 5.69 Å². The SMILES string of the molecule is Cc1cccc(S(=O)(=O)Nc2ccc(-c3c(C)noc3C)cc2)c1. The van der Waals surface area contributed by atoms with Gasteiger partial charge in [0.2, 0.25) is 0 Å². The van der Waals surface area contributed by atoms with Crippen LogP contribution in [-0.2, 0) is 10.0 Å². The second-order valence-electron chi connectivity index (χ2n) is 5.70. The van der Waals surface area contributed by atoms with Gasteiger partial charge in [-0.25, -0.2) is 8.42 Å². The van der Waals surface area contributed by atoms with Crippen LogP contribution in [0.3, 0.4) is 0 Å². The van der Waals surface area contributed by atoms with Gasteiger partial charge in [-0.15, -0.1) is 0 Å². The van der Waals surface area contributed by atoms with E-state index in [1.807, 2.05) is 39.0 Å². The molecule has 0 aliphatic rings. The molecule has 6 heteroatoms. The molecule has 0 bridgehead atoms. The molecule has 1 aromatic heterocycles. The van der Waals surface area contributed by atoms with Crippen molar-refractivity contribution in [2.45, 2.75) is 25.7 Å². The minimum Gasteiger partial charge on any atom is -0.361 e. The molecule has 0 amide bonds. The molecule has 3 aromatic rings. The van der Waals surface area contributed by atoms with Crippen molar-refractivity contribution in [1.29, 1.82) is 0 Å². The van der Waals surface area contributed by atoms with Crippen LogP contribution in [0.4, 0.5) is 5.69 Å². The van der Waals surface area contributed by atoms with Gasteiger partial charge in [0, 0.05) is 11.3 Å². The summed E-state index contributed by atoms with van der Waals surface area (Å²) in [5, 5.41) is 3.94. The number of hydrogen-bond acceptors (Lipinski definition) is 4. The minimum atomic E-state index is -3.60. The Labute approximate surface area is 141 Å². The summed E-state index contributed by atoms with van der Waals surface area (Å²) in [6, 6.07) is 14.0. The molecule has 0 saturated carbocycles. The third-order valence-corrected chi connectivity index (χ3v) is 5.14. The first-order valence-electron chi connectivity index (χ1n) is 7.49. The second kappa shape index (κ2) is 6.13. The third-order valence-electron chi connectivity index (χ3n) is 3.76. The van der Waals surface area contributed by atoms with Gasteiger partial charge in [-0.2, -0.15) is 0 Å². The average Bonchev–Trinajstić information content (AvgIpc) is 2.87. The summed E-state index contributed by atoms with van der Waals surface area (Å²) >= 11 is 0. The molecule has 124 valence electrons. The van der Waals surface area contributed by atoms with Crippen molar-refractivity contribution in [2.24, 2.45) is 0 Å². The number of nitrogens with zero attached hydrogens (tertiary/aromatic N) is 1. The molecule has 1 heterocycles. The highest BCUT2D eigenvalue weighted by Crippen LogP contribution is 2.28. The predicted molar refractivity (Wildman–Crippen MR) is 93.4 cm³/mol. The van der Waals surface area contributed by atoms with E-state index in [4.69, 9.17) is 4.52 Å². The number of sulfonamides is 1. The lowest BCUT2D eigenvalue weighted by atomic mass is 10.0. The van der Waals surface area contributed by atoms with Crippen LogP contribution in [0, 0.1) is 20.8 Å². The Bertz CT molecular complexity index is 954. The van der Waals surface area contributed by atoms with Gasteiger partial charge in [0.25, 0.3) is 10.0 Å². The first-order valence-corrected chi connectivity index (χ1v) is 8.98. The summed E-state index contributed by atoms with van der Waals surface area (Å²) in [6.07, 6.45) is 0. The largest absolute Gasteiger partial charge is 0.361 e. The van der Waals surface area contributed by atoms with Gasteiger partial charge in [-0.1, -0.05) is 29.4 Å². The molecule has 0 atom stereocenters. The monoisotopic (exact) mass is 342 g/mol. The Morgan fingerprint density at radius 1 is 1.00 bits per heavy atom. The molecule has 0 spiro atoms. The Morgan fingerprint density at radius 2 is 1.71 bits per heavy atom. The van der Waals surface area contributed by atoms with Gasteiger partial charge in [-0.05, 0) is 56.2 Å². The molecule has 5 nitrogen and oxygen atoms in total. The van der Waals surface area contributed by atoms with Crippen LogP contribution in [-0.4, -0.2) is 13.6 Å². The van der Waals surface area contributed by atoms with Gasteiger partial charge >= 0.3 is 0 Å². The zero-order chi connectivity index (χ0) is 17.3. The summed E-state index contributed by atoms with van der Waals surface area (Å²) in [6.45, 7) is 5.58. The van der Waals surface area contributed by atoms with Gasteiger partial charge in [-0.3, -0.25) is 4.72 Å². The lowest BCUT2D eigenvalue weighted by Gasteiger charge is -2.09. The van der Waals surface area contributed by atoms with Crippen LogP contribution in [0.5, 0.6) is 0 Å². The summed E-state index contributed by atoms with van der Waals surface area (Å²) < 4.78 is 32.6. The lowest BCUT2D eigenvalue weighted by Crippen LogP contribution is -2.12. The zero-order valence-electron chi connectivity index (χ0n) is 13.7. The number of nitrogens with one attached hydrogen (secondary N) is 1. The van der Waals surface area contributed by atoms with E-state index >= 15 is 0 Å². The third kappa shape index (κ3) is 3.19. The average molecular weight is 342 g/mol. The molecule has 0 fully saturated rings. The maximum absolute atomic E-state index is 12.4. The first-order chi connectivity index (χ1) is 11.4. The Kier molecular flexibility index (Phi) is 4.15. The molecule has 2 aromatic carbocycles. The topological polar surface area (TPSA) is 72.2 Å². The van der Waals surface area contributed by atoms with Gasteiger partial charge in [0.05, 0.1) is 10.6 Å². The molecule has 0 radical (unpaired) electrons. The normalized spacial score (nSPS) is 11.5. The summed E-state index contributed by atoms with van der Waals surface area (Å²) in [4.78, 5) is 0.247. The maximum Gasteiger partial charge on any atom is 0.261 e. The lowest BCUT2D eigenvalue weighted by molar-refractivity contribution is 0.393. The highest BCUT2D eigenvalue weighted by Gasteiger charge is 2.15. The summed E-state index contributed by atoms with van der Waals surface area (Å²) in [7, 11) is -3.60. The number of hydrogen-bond donors (Lipinski definition) is 1. The van der Waals surface area contributed by atoms with E-state index in [0.717, 1.165) is 28.1 Å². The van der Waals surface area contributed by atoms with E-state index in [9.17, 15) is 8.42 Å². The molecular formula is C18H18N2O3S. The van der Waals surface area contributed by atoms with E-state index in [2.05, 4.69) is 9.88 Å². The molecule has 3 rings (SSSR count). The van der Waals surface area contributed by atoms with Crippen LogP contribution in [0.1, 0.15) is 17.0 Å². The van der Waals surface area contributed by atoms with Crippen LogP contribution in [0.15, 0.2) is 57.9 Å². The predicted octanol–water partition coefficient (Wildman–Crippen LogP) is 4.07. The van der Waals surface area contributed by atoms with Gasteiger partial charge in [0.1, 0.15) is 5.76 Å². The molecule has 1 N–H and O–H groups in total. The Hall–Kier alpha value is -2.60. The summed E-state index contributed by atoms with van der Waals surface area (Å²) in [5.41, 5.74) is 4.08. The van der Waals surface area contributed by atoms with Crippen LogP contribution >= 0.6 is 0 Å². The molecule has 0 aliphatic heterocycles. The summed E-state index contributed by atoms with van der Waals surface area (Å²) in [5.74, 6) is 0.737. The van der Waals surface area contributed by atoms with Gasteiger partial charge in [0.15, 0.2) is 0 Å². The fraction of sp³-hybridized carbons (Fsp3) is 0.167. The van der Waals surface area contributed by atoms with E-state index < -0.39 is 10.0 Å². The van der Waals surface area contributed by atoms with Crippen molar-refractivity contribution in [2.75, 3.05) is 4.72 Å². The number of rotatable bonds is 4. The molecule has 24 heavy (non-hydrogen) atoms. The van der Waals surface area contributed by atoms with Crippen molar-refractivity contribution < 1.29 is 12.9 Å². The number of anilines is 1. The fourth-order valence-electron chi connectivity index (χ4n) is 2.60. The van der Waals surface area contributed by atoms with Crippen molar-refractivity contribution in [1.82, 2.24) is 5.16 Å². The quantitative estimate of drug-likeness (QED) is 0.776. The highest BCUT2D eigenvalue weighted by molar-refractivity contribution is 7.92. The van der Waals surface area contributed by atoms with E-state index in [1.54, 1.807) is 30.3 Å². The van der Waals surface area contributed by atoms with Crippen molar-refractivity contribution in [3.05, 3.63) is 65.5 Å². The molecule has 0 unspecified atom stereocenters. The van der Waals surface area contributed by atoms with E-state index in [1.165, 1.54) is 0 Å². The first kappa shape index (κ1) is 16.3.